The van der Waals surface area contributed by atoms with Gasteiger partial charge in [0.1, 0.15) is 5.78 Å². The smallest absolute Gasteiger partial charge is 0.132 e. The van der Waals surface area contributed by atoms with E-state index in [0.29, 0.717) is 30.6 Å². The minimum atomic E-state index is 0.245. The lowest BCUT2D eigenvalue weighted by atomic mass is 9.54. The number of carbonyl (C=O) groups excluding carboxylic acids is 1. The number of fused-ring (bicyclic) bond motifs is 3. The Morgan fingerprint density at radius 3 is 2.21 bits per heavy atom. The Hall–Kier alpha value is -0.410. The molecule has 0 aromatic carbocycles. The zero-order chi connectivity index (χ0) is 13.8. The van der Waals surface area contributed by atoms with Crippen LogP contribution in [0.5, 0.6) is 0 Å². The highest BCUT2D eigenvalue weighted by Gasteiger charge is 2.48. The Bertz CT molecular complexity index is 287. The van der Waals surface area contributed by atoms with Gasteiger partial charge in [-0.2, -0.15) is 0 Å². The van der Waals surface area contributed by atoms with Gasteiger partial charge in [-0.05, 0) is 55.8 Å². The maximum atomic E-state index is 11.2. The predicted molar refractivity (Wildman–Crippen MR) is 75.0 cm³/mol. The first-order valence-corrected chi connectivity index (χ1v) is 7.84. The van der Waals surface area contributed by atoms with Crippen LogP contribution in [0, 0.1) is 10.8 Å². The van der Waals surface area contributed by atoms with Gasteiger partial charge in [-0.25, -0.2) is 0 Å². The number of ether oxygens (including phenoxy) is 1. The van der Waals surface area contributed by atoms with Crippen LogP contribution >= 0.6 is 0 Å². The Labute approximate surface area is 116 Å². The van der Waals surface area contributed by atoms with Gasteiger partial charge in [0.2, 0.25) is 0 Å². The molecule has 3 rings (SSSR count). The Morgan fingerprint density at radius 1 is 1.11 bits per heavy atom. The molecular weight excluding hydrogens is 240 g/mol. The monoisotopic (exact) mass is 268 g/mol. The molecule has 3 aliphatic carbocycles. The second-order valence-electron chi connectivity index (χ2n) is 6.71. The fourth-order valence-electron chi connectivity index (χ4n) is 3.63. The molecule has 2 bridgehead atoms. The van der Waals surface area contributed by atoms with Crippen LogP contribution in [0.15, 0.2) is 0 Å². The van der Waals surface area contributed by atoms with E-state index in [4.69, 9.17) is 4.74 Å². The van der Waals surface area contributed by atoms with E-state index in [9.17, 15) is 9.90 Å². The molecular formula is C16H28O3. The van der Waals surface area contributed by atoms with Crippen LogP contribution in [-0.2, 0) is 9.53 Å². The quantitative estimate of drug-likeness (QED) is 0.688. The van der Waals surface area contributed by atoms with Gasteiger partial charge in [0, 0.05) is 26.1 Å². The number of hydrogen-bond donors (Lipinski definition) is 1. The fraction of sp³-hybridized carbons (Fsp3) is 0.938. The molecule has 0 aromatic rings. The summed E-state index contributed by atoms with van der Waals surface area (Å²) in [4.78, 5) is 11.2. The van der Waals surface area contributed by atoms with Gasteiger partial charge in [0.05, 0.1) is 6.61 Å². The Kier molecular flexibility index (Phi) is 5.02. The fourth-order valence-corrected chi connectivity index (χ4v) is 3.63. The van der Waals surface area contributed by atoms with Crippen molar-refractivity contribution in [3.8, 4) is 0 Å². The van der Waals surface area contributed by atoms with Crippen molar-refractivity contribution < 1.29 is 14.6 Å². The first-order valence-electron chi connectivity index (χ1n) is 7.84. The van der Waals surface area contributed by atoms with Crippen LogP contribution < -0.4 is 0 Å². The van der Waals surface area contributed by atoms with Gasteiger partial charge >= 0.3 is 0 Å². The number of hydrogen-bond acceptors (Lipinski definition) is 3. The van der Waals surface area contributed by atoms with E-state index in [2.05, 4.69) is 0 Å². The second-order valence-corrected chi connectivity index (χ2v) is 6.71. The minimum Gasteiger partial charge on any atom is -0.396 e. The Balaban J connectivity index is 1.66. The highest BCUT2D eigenvalue weighted by molar-refractivity contribution is 5.77. The third kappa shape index (κ3) is 3.57. The number of ketones is 1. The standard InChI is InChI=1S/C16H28O3/c1-2-14(18)4-3-11-19-13-16-8-5-15(12-17,6-9-16)7-10-16/h17H,2-13H2,1H3. The first-order chi connectivity index (χ1) is 9.14. The second kappa shape index (κ2) is 6.36. The molecule has 3 fully saturated rings. The molecule has 1 N–H and O–H groups in total. The molecule has 3 heteroatoms. The van der Waals surface area contributed by atoms with E-state index in [1.807, 2.05) is 6.92 Å². The molecule has 0 heterocycles. The van der Waals surface area contributed by atoms with Gasteiger partial charge in [-0.15, -0.1) is 0 Å². The van der Waals surface area contributed by atoms with Crippen LogP contribution in [0.1, 0.15) is 64.7 Å². The van der Waals surface area contributed by atoms with Gasteiger partial charge in [0.25, 0.3) is 0 Å². The zero-order valence-corrected chi connectivity index (χ0v) is 12.2. The molecule has 0 amide bonds. The van der Waals surface area contributed by atoms with Crippen molar-refractivity contribution in [3.05, 3.63) is 0 Å². The summed E-state index contributed by atoms with van der Waals surface area (Å²) in [7, 11) is 0. The topological polar surface area (TPSA) is 46.5 Å². The zero-order valence-electron chi connectivity index (χ0n) is 12.2. The van der Waals surface area contributed by atoms with Crippen molar-refractivity contribution in [3.63, 3.8) is 0 Å². The SMILES string of the molecule is CCC(=O)CCCOCC12CCC(CO)(CC1)CC2. The van der Waals surface area contributed by atoms with Gasteiger partial charge in [0.15, 0.2) is 0 Å². The average molecular weight is 268 g/mol. The van der Waals surface area contributed by atoms with Crippen molar-refractivity contribution in [2.45, 2.75) is 64.7 Å². The molecule has 110 valence electrons. The van der Waals surface area contributed by atoms with Crippen LogP contribution in [-0.4, -0.2) is 30.7 Å². The molecule has 0 spiro atoms. The van der Waals surface area contributed by atoms with E-state index in [0.717, 1.165) is 19.6 Å². The van der Waals surface area contributed by atoms with Gasteiger partial charge < -0.3 is 9.84 Å². The summed E-state index contributed by atoms with van der Waals surface area (Å²) in [6.45, 7) is 3.86. The molecule has 0 aromatic heterocycles. The van der Waals surface area contributed by atoms with Crippen LogP contribution in [0.3, 0.4) is 0 Å². The lowest BCUT2D eigenvalue weighted by molar-refractivity contribution is -0.119. The molecule has 0 unspecified atom stereocenters. The van der Waals surface area contributed by atoms with Crippen molar-refractivity contribution in [1.29, 1.82) is 0 Å². The molecule has 3 saturated carbocycles. The van der Waals surface area contributed by atoms with Crippen LogP contribution in [0.4, 0.5) is 0 Å². The lowest BCUT2D eigenvalue weighted by Crippen LogP contribution is -2.45. The van der Waals surface area contributed by atoms with Gasteiger partial charge in [-0.3, -0.25) is 4.79 Å². The highest BCUT2D eigenvalue weighted by atomic mass is 16.5. The van der Waals surface area contributed by atoms with Gasteiger partial charge in [-0.1, -0.05) is 6.92 Å². The summed E-state index contributed by atoms with van der Waals surface area (Å²) < 4.78 is 5.84. The van der Waals surface area contributed by atoms with Crippen molar-refractivity contribution >= 4 is 5.78 Å². The number of aliphatic hydroxyl groups is 1. The minimum absolute atomic E-state index is 0.245. The normalized spacial score (nSPS) is 33.6. The number of rotatable bonds is 8. The number of carbonyl (C=O) groups is 1. The van der Waals surface area contributed by atoms with Crippen molar-refractivity contribution in [1.82, 2.24) is 0 Å². The molecule has 19 heavy (non-hydrogen) atoms. The maximum absolute atomic E-state index is 11.2. The molecule has 0 saturated heterocycles. The van der Waals surface area contributed by atoms with E-state index < -0.39 is 0 Å². The lowest BCUT2D eigenvalue weighted by Gasteiger charge is -2.52. The van der Waals surface area contributed by atoms with E-state index in [1.165, 1.54) is 38.5 Å². The first kappa shape index (κ1) is 15.0. The summed E-state index contributed by atoms with van der Waals surface area (Å²) >= 11 is 0. The molecule has 0 radical (unpaired) electrons. The summed E-state index contributed by atoms with van der Waals surface area (Å²) in [6.07, 6.45) is 9.31. The molecule has 0 atom stereocenters. The molecule has 0 aliphatic heterocycles. The predicted octanol–water partition coefficient (Wildman–Crippen LogP) is 3.10. The van der Waals surface area contributed by atoms with E-state index in [1.54, 1.807) is 0 Å². The van der Waals surface area contributed by atoms with Crippen molar-refractivity contribution in [2.75, 3.05) is 19.8 Å². The summed E-state index contributed by atoms with van der Waals surface area (Å²) in [5.74, 6) is 0.338. The summed E-state index contributed by atoms with van der Waals surface area (Å²) in [5, 5.41) is 9.51. The third-order valence-electron chi connectivity index (χ3n) is 5.44. The summed E-state index contributed by atoms with van der Waals surface area (Å²) in [5.41, 5.74) is 0.626. The third-order valence-corrected chi connectivity index (χ3v) is 5.44. The molecule has 3 nitrogen and oxygen atoms in total. The summed E-state index contributed by atoms with van der Waals surface area (Å²) in [6, 6.07) is 0. The number of aliphatic hydroxyl groups excluding tert-OH is 1. The van der Waals surface area contributed by atoms with Crippen molar-refractivity contribution in [2.24, 2.45) is 10.8 Å². The van der Waals surface area contributed by atoms with E-state index >= 15 is 0 Å². The van der Waals surface area contributed by atoms with E-state index in [-0.39, 0.29) is 5.41 Å². The maximum Gasteiger partial charge on any atom is 0.132 e. The van der Waals surface area contributed by atoms with Crippen LogP contribution in [0.25, 0.3) is 0 Å². The highest BCUT2D eigenvalue weighted by Crippen LogP contribution is 2.56. The Morgan fingerprint density at radius 2 is 1.68 bits per heavy atom. The molecule has 3 aliphatic rings. The van der Waals surface area contributed by atoms with Crippen LogP contribution in [0.2, 0.25) is 0 Å². The number of Topliss-reactive ketones (excluding diaryl/α,β-unsaturated/α-hetero) is 1. The average Bonchev–Trinajstić information content (AvgIpc) is 2.48. The largest absolute Gasteiger partial charge is 0.396 e.